The number of hydrazine groups is 1. The summed E-state index contributed by atoms with van der Waals surface area (Å²) in [6, 6.07) is 0. The van der Waals surface area contributed by atoms with E-state index in [0.717, 1.165) is 30.2 Å². The van der Waals surface area contributed by atoms with E-state index in [1.54, 1.807) is 13.0 Å². The first kappa shape index (κ1) is 15.6. The molecule has 120 valence electrons. The fourth-order valence-corrected chi connectivity index (χ4v) is 3.02. The second kappa shape index (κ2) is 6.86. The molecule has 0 spiro atoms. The van der Waals surface area contributed by atoms with Crippen LogP contribution in [0.25, 0.3) is 0 Å². The van der Waals surface area contributed by atoms with Crippen LogP contribution >= 0.6 is 0 Å². The minimum atomic E-state index is 0.0580. The first-order valence-corrected chi connectivity index (χ1v) is 8.30. The van der Waals surface area contributed by atoms with Crippen LogP contribution in [0.2, 0.25) is 0 Å². The Morgan fingerprint density at radius 1 is 1.26 bits per heavy atom. The molecule has 0 radical (unpaired) electrons. The van der Waals surface area contributed by atoms with Gasteiger partial charge in [-0.05, 0) is 44.6 Å². The van der Waals surface area contributed by atoms with Gasteiger partial charge in [-0.2, -0.15) is 0 Å². The summed E-state index contributed by atoms with van der Waals surface area (Å²) in [6.07, 6.45) is 22.1. The maximum Gasteiger partial charge on any atom is 0.154 e. The van der Waals surface area contributed by atoms with Gasteiger partial charge in [-0.1, -0.05) is 42.5 Å². The number of carbonyl (C=O) groups excluding carboxylic acids is 1. The second-order valence-electron chi connectivity index (χ2n) is 6.38. The van der Waals surface area contributed by atoms with Gasteiger partial charge in [0.05, 0.1) is 5.70 Å². The number of rotatable bonds is 5. The zero-order valence-electron chi connectivity index (χ0n) is 13.8. The van der Waals surface area contributed by atoms with Gasteiger partial charge in [0, 0.05) is 23.9 Å². The second-order valence-corrected chi connectivity index (χ2v) is 6.38. The highest BCUT2D eigenvalue weighted by Crippen LogP contribution is 2.43. The fraction of sp³-hybridized carbons (Fsp3) is 0.350. The summed E-state index contributed by atoms with van der Waals surface area (Å²) < 4.78 is 0. The predicted octanol–water partition coefficient (Wildman–Crippen LogP) is 4.17. The molecule has 23 heavy (non-hydrogen) atoms. The van der Waals surface area contributed by atoms with Gasteiger partial charge in [0.25, 0.3) is 0 Å². The average Bonchev–Trinajstić information content (AvgIpc) is 3.26. The van der Waals surface area contributed by atoms with Crippen molar-refractivity contribution in [1.29, 1.82) is 0 Å². The number of hydrogen-bond donors (Lipinski definition) is 1. The van der Waals surface area contributed by atoms with Crippen molar-refractivity contribution in [3.8, 4) is 0 Å². The van der Waals surface area contributed by atoms with Crippen molar-refractivity contribution in [2.45, 2.75) is 33.1 Å². The monoisotopic (exact) mass is 308 g/mol. The van der Waals surface area contributed by atoms with Gasteiger partial charge < -0.3 is 0 Å². The number of hydrogen-bond acceptors (Lipinski definition) is 3. The van der Waals surface area contributed by atoms with Gasteiger partial charge >= 0.3 is 0 Å². The molecule has 1 saturated carbocycles. The Morgan fingerprint density at radius 3 is 2.96 bits per heavy atom. The quantitative estimate of drug-likeness (QED) is 0.470. The highest BCUT2D eigenvalue weighted by atomic mass is 16.1. The Morgan fingerprint density at radius 2 is 2.13 bits per heavy atom. The minimum Gasteiger partial charge on any atom is -0.298 e. The van der Waals surface area contributed by atoms with E-state index in [9.17, 15) is 4.79 Å². The number of fused-ring (bicyclic) bond motifs is 1. The van der Waals surface area contributed by atoms with Crippen molar-refractivity contribution in [3.63, 3.8) is 0 Å². The molecule has 0 aromatic carbocycles. The van der Waals surface area contributed by atoms with E-state index in [0.29, 0.717) is 5.92 Å². The lowest BCUT2D eigenvalue weighted by molar-refractivity contribution is -0.112. The molecule has 0 amide bonds. The summed E-state index contributed by atoms with van der Waals surface area (Å²) in [4.78, 5) is 11.5. The Bertz CT molecular complexity index is 661. The summed E-state index contributed by atoms with van der Waals surface area (Å²) in [5.41, 5.74) is 6.70. The van der Waals surface area contributed by atoms with Crippen LogP contribution in [0.4, 0.5) is 0 Å². The van der Waals surface area contributed by atoms with Gasteiger partial charge in [0.15, 0.2) is 5.78 Å². The first-order valence-electron chi connectivity index (χ1n) is 8.30. The summed E-state index contributed by atoms with van der Waals surface area (Å²) in [7, 11) is 0. The van der Waals surface area contributed by atoms with Gasteiger partial charge in [-0.15, -0.1) is 0 Å². The lowest BCUT2D eigenvalue weighted by Gasteiger charge is -2.29. The summed E-state index contributed by atoms with van der Waals surface area (Å²) in [6.45, 7) is 3.55. The molecule has 3 rings (SSSR count). The molecule has 0 saturated heterocycles. The van der Waals surface area contributed by atoms with Gasteiger partial charge in [0.1, 0.15) is 0 Å². The Balaban J connectivity index is 1.84. The van der Waals surface area contributed by atoms with E-state index >= 15 is 0 Å². The summed E-state index contributed by atoms with van der Waals surface area (Å²) >= 11 is 0. The largest absolute Gasteiger partial charge is 0.298 e. The molecule has 2 atom stereocenters. The standard InChI is InChI=1S/C20H24N2O/c1-15(12-16(2)23)22(20-10-5-3-4-6-11-20)21-19-9-7-8-17-13-18(17)14-19/h3-5,7-8,10-12,14,17-18,21H,6,9,13H2,1-2H3/b15-12-. The Kier molecular flexibility index (Phi) is 4.65. The van der Waals surface area contributed by atoms with Gasteiger partial charge in [0.2, 0.25) is 0 Å². The normalized spacial score (nSPS) is 25.7. The van der Waals surface area contributed by atoms with Crippen LogP contribution in [0.3, 0.4) is 0 Å². The molecule has 0 bridgehead atoms. The molecule has 0 aromatic rings. The van der Waals surface area contributed by atoms with Crippen LogP contribution < -0.4 is 5.43 Å². The molecule has 1 fully saturated rings. The van der Waals surface area contributed by atoms with E-state index in [1.807, 2.05) is 24.1 Å². The SMILES string of the molecule is CC(=O)/C=C(/C)N(NC1=CC2CC2C=CC1)C1=CCC=CC=C1. The van der Waals surface area contributed by atoms with Gasteiger partial charge in [-0.3, -0.25) is 15.2 Å². The van der Waals surface area contributed by atoms with Gasteiger partial charge in [-0.25, -0.2) is 0 Å². The van der Waals surface area contributed by atoms with Crippen LogP contribution in [-0.2, 0) is 4.79 Å². The number of allylic oxidation sites excluding steroid dienone is 10. The molecule has 3 nitrogen and oxygen atoms in total. The molecular weight excluding hydrogens is 284 g/mol. The Hall–Kier alpha value is -2.29. The van der Waals surface area contributed by atoms with Crippen molar-refractivity contribution in [2.24, 2.45) is 11.8 Å². The first-order chi connectivity index (χ1) is 11.1. The number of ketones is 1. The van der Waals surface area contributed by atoms with Crippen LogP contribution in [-0.4, -0.2) is 10.8 Å². The predicted molar refractivity (Wildman–Crippen MR) is 93.8 cm³/mol. The van der Waals surface area contributed by atoms with Crippen molar-refractivity contribution in [3.05, 3.63) is 71.8 Å². The molecule has 0 heterocycles. The average molecular weight is 308 g/mol. The lowest BCUT2D eigenvalue weighted by Crippen LogP contribution is -2.35. The zero-order valence-corrected chi connectivity index (χ0v) is 13.8. The van der Waals surface area contributed by atoms with Crippen LogP contribution in [0.15, 0.2) is 71.8 Å². The van der Waals surface area contributed by atoms with Crippen LogP contribution in [0.1, 0.15) is 33.1 Å². The molecule has 3 aliphatic rings. The fourth-order valence-electron chi connectivity index (χ4n) is 3.02. The van der Waals surface area contributed by atoms with Crippen LogP contribution in [0, 0.1) is 11.8 Å². The van der Waals surface area contributed by atoms with E-state index in [1.165, 1.54) is 12.1 Å². The molecule has 0 aliphatic heterocycles. The number of nitrogens with one attached hydrogen (secondary N) is 1. The van der Waals surface area contributed by atoms with Crippen LogP contribution in [0.5, 0.6) is 0 Å². The van der Waals surface area contributed by atoms with Crippen molar-refractivity contribution in [1.82, 2.24) is 10.4 Å². The maximum atomic E-state index is 11.5. The van der Waals surface area contributed by atoms with Crippen molar-refractivity contribution < 1.29 is 4.79 Å². The highest BCUT2D eigenvalue weighted by molar-refractivity contribution is 5.87. The third-order valence-electron chi connectivity index (χ3n) is 4.28. The smallest absolute Gasteiger partial charge is 0.154 e. The minimum absolute atomic E-state index is 0.0580. The highest BCUT2D eigenvalue weighted by Gasteiger charge is 2.34. The third kappa shape index (κ3) is 4.13. The van der Waals surface area contributed by atoms with E-state index < -0.39 is 0 Å². The third-order valence-corrected chi connectivity index (χ3v) is 4.28. The summed E-state index contributed by atoms with van der Waals surface area (Å²) in [5.74, 6) is 1.47. The molecule has 0 aromatic heterocycles. The van der Waals surface area contributed by atoms with E-state index in [4.69, 9.17) is 0 Å². The number of carbonyl (C=O) groups is 1. The lowest BCUT2D eigenvalue weighted by atomic mass is 10.2. The maximum absolute atomic E-state index is 11.5. The summed E-state index contributed by atoms with van der Waals surface area (Å²) in [5, 5.41) is 2.02. The van der Waals surface area contributed by atoms with E-state index in [-0.39, 0.29) is 5.78 Å². The molecule has 3 heteroatoms. The van der Waals surface area contributed by atoms with Crippen molar-refractivity contribution in [2.75, 3.05) is 0 Å². The molecular formula is C20H24N2O. The number of nitrogens with zero attached hydrogens (tertiary/aromatic N) is 1. The Labute approximate surface area is 138 Å². The van der Waals surface area contributed by atoms with Crippen molar-refractivity contribution >= 4 is 5.78 Å². The topological polar surface area (TPSA) is 32.3 Å². The molecule has 2 unspecified atom stereocenters. The zero-order chi connectivity index (χ0) is 16.2. The molecule has 3 aliphatic carbocycles. The molecule has 1 N–H and O–H groups in total. The van der Waals surface area contributed by atoms with E-state index in [2.05, 4.69) is 41.9 Å².